The van der Waals surface area contributed by atoms with Gasteiger partial charge >= 0.3 is 6.18 Å². The summed E-state index contributed by atoms with van der Waals surface area (Å²) in [6.07, 6.45) is -2.73. The molecule has 2 nitrogen and oxygen atoms in total. The van der Waals surface area contributed by atoms with Gasteiger partial charge in [0.05, 0.1) is 11.3 Å². The molecule has 0 atom stereocenters. The monoisotopic (exact) mass is 240 g/mol. The van der Waals surface area contributed by atoms with Gasteiger partial charge in [0.2, 0.25) is 0 Å². The summed E-state index contributed by atoms with van der Waals surface area (Å²) in [5.41, 5.74) is 0.679. The topological polar surface area (TPSA) is 27.0 Å². The second kappa shape index (κ2) is 4.28. The van der Waals surface area contributed by atoms with E-state index in [0.29, 0.717) is 11.3 Å². The summed E-state index contributed by atoms with van der Waals surface area (Å²) in [6, 6.07) is 8.28. The quantitative estimate of drug-likeness (QED) is 0.811. The first kappa shape index (κ1) is 11.8. The van der Waals surface area contributed by atoms with Gasteiger partial charge in [-0.3, -0.25) is 0 Å². The average molecular weight is 240 g/mol. The molecule has 0 aromatic heterocycles. The summed E-state index contributed by atoms with van der Waals surface area (Å²) in [5, 5.41) is 8.91. The number of anilines is 1. The van der Waals surface area contributed by atoms with Crippen LogP contribution in [0.1, 0.15) is 18.4 Å². The molecule has 0 saturated heterocycles. The van der Waals surface area contributed by atoms with Crippen molar-refractivity contribution in [2.24, 2.45) is 0 Å². The highest BCUT2D eigenvalue weighted by atomic mass is 19.4. The van der Waals surface area contributed by atoms with Crippen molar-refractivity contribution >= 4 is 5.69 Å². The molecule has 0 spiro atoms. The van der Waals surface area contributed by atoms with Crippen molar-refractivity contribution < 1.29 is 13.2 Å². The first-order chi connectivity index (χ1) is 8.01. The van der Waals surface area contributed by atoms with E-state index in [-0.39, 0.29) is 6.04 Å². The Morgan fingerprint density at radius 2 is 1.94 bits per heavy atom. The van der Waals surface area contributed by atoms with Crippen molar-refractivity contribution in [2.45, 2.75) is 25.1 Å². The molecule has 1 fully saturated rings. The van der Waals surface area contributed by atoms with E-state index in [1.807, 2.05) is 6.07 Å². The first-order valence-corrected chi connectivity index (χ1v) is 5.34. The predicted molar refractivity (Wildman–Crippen MR) is 57.6 cm³/mol. The standard InChI is InChI=1S/C12H11F3N2/c13-12(14,15)8-17(10-5-6-10)11-4-2-1-3-9(11)7-16/h1-4,10H,5-6,8H2. The highest BCUT2D eigenvalue weighted by Crippen LogP contribution is 2.35. The van der Waals surface area contributed by atoms with Crippen LogP contribution >= 0.6 is 0 Å². The number of alkyl halides is 3. The van der Waals surface area contributed by atoms with E-state index < -0.39 is 12.7 Å². The fourth-order valence-corrected chi connectivity index (χ4v) is 1.81. The third-order valence-corrected chi connectivity index (χ3v) is 2.67. The van der Waals surface area contributed by atoms with E-state index in [4.69, 9.17) is 5.26 Å². The van der Waals surface area contributed by atoms with E-state index in [1.54, 1.807) is 24.3 Å². The summed E-state index contributed by atoms with van der Waals surface area (Å²) in [5.74, 6) is 0. The maximum Gasteiger partial charge on any atom is 0.405 e. The van der Waals surface area contributed by atoms with Crippen LogP contribution in [0.2, 0.25) is 0 Å². The molecule has 1 aliphatic rings. The van der Waals surface area contributed by atoms with Gasteiger partial charge in [-0.2, -0.15) is 18.4 Å². The van der Waals surface area contributed by atoms with Gasteiger partial charge in [-0.1, -0.05) is 12.1 Å². The van der Waals surface area contributed by atoms with Crippen LogP contribution in [0.3, 0.4) is 0 Å². The Morgan fingerprint density at radius 3 is 2.47 bits per heavy atom. The van der Waals surface area contributed by atoms with Crippen molar-refractivity contribution in [1.82, 2.24) is 0 Å². The zero-order valence-corrected chi connectivity index (χ0v) is 9.04. The molecule has 90 valence electrons. The Labute approximate surface area is 97.3 Å². The number of rotatable bonds is 3. The van der Waals surface area contributed by atoms with Crippen LogP contribution < -0.4 is 4.90 Å². The van der Waals surface area contributed by atoms with Gasteiger partial charge in [-0.15, -0.1) is 0 Å². The molecule has 1 aliphatic carbocycles. The minimum absolute atomic E-state index is 0.0777. The van der Waals surface area contributed by atoms with E-state index in [1.165, 1.54) is 4.90 Å². The molecule has 0 aliphatic heterocycles. The minimum Gasteiger partial charge on any atom is -0.358 e. The molecule has 0 radical (unpaired) electrons. The van der Waals surface area contributed by atoms with E-state index >= 15 is 0 Å². The zero-order valence-electron chi connectivity index (χ0n) is 9.04. The van der Waals surface area contributed by atoms with Crippen LogP contribution in [0.15, 0.2) is 24.3 Å². The third kappa shape index (κ3) is 2.90. The Kier molecular flexibility index (Phi) is 2.97. The highest BCUT2D eigenvalue weighted by molar-refractivity contribution is 5.60. The summed E-state index contributed by atoms with van der Waals surface area (Å²) < 4.78 is 37.5. The molecular weight excluding hydrogens is 229 g/mol. The first-order valence-electron chi connectivity index (χ1n) is 5.34. The van der Waals surface area contributed by atoms with Crippen LogP contribution in [0.4, 0.5) is 18.9 Å². The van der Waals surface area contributed by atoms with Crippen LogP contribution in [0, 0.1) is 11.3 Å². The number of hydrogen-bond acceptors (Lipinski definition) is 2. The van der Waals surface area contributed by atoms with Crippen molar-refractivity contribution in [3.63, 3.8) is 0 Å². The van der Waals surface area contributed by atoms with Crippen LogP contribution in [0.25, 0.3) is 0 Å². The molecule has 1 saturated carbocycles. The smallest absolute Gasteiger partial charge is 0.358 e. The number of halogens is 3. The van der Waals surface area contributed by atoms with E-state index in [9.17, 15) is 13.2 Å². The minimum atomic E-state index is -4.24. The average Bonchev–Trinajstić information content (AvgIpc) is 3.08. The van der Waals surface area contributed by atoms with Gasteiger partial charge in [0.25, 0.3) is 0 Å². The van der Waals surface area contributed by atoms with Crippen molar-refractivity contribution in [3.8, 4) is 6.07 Å². The Balaban J connectivity index is 2.30. The maximum absolute atomic E-state index is 12.5. The number of benzene rings is 1. The zero-order chi connectivity index (χ0) is 12.5. The van der Waals surface area contributed by atoms with Gasteiger partial charge in [0.1, 0.15) is 12.6 Å². The summed E-state index contributed by atoms with van der Waals surface area (Å²) >= 11 is 0. The van der Waals surface area contributed by atoms with Crippen LogP contribution in [0.5, 0.6) is 0 Å². The molecule has 0 bridgehead atoms. The lowest BCUT2D eigenvalue weighted by molar-refractivity contribution is -0.120. The van der Waals surface area contributed by atoms with Crippen molar-refractivity contribution in [2.75, 3.05) is 11.4 Å². The Hall–Kier alpha value is -1.70. The van der Waals surface area contributed by atoms with E-state index in [0.717, 1.165) is 12.8 Å². The molecule has 1 aromatic carbocycles. The Morgan fingerprint density at radius 1 is 1.29 bits per heavy atom. The molecule has 0 amide bonds. The summed E-state index contributed by atoms with van der Waals surface area (Å²) in [7, 11) is 0. The number of para-hydroxylation sites is 1. The molecular formula is C12H11F3N2. The normalized spacial score (nSPS) is 15.4. The molecule has 2 rings (SSSR count). The second-order valence-electron chi connectivity index (χ2n) is 4.10. The molecule has 0 heterocycles. The van der Waals surface area contributed by atoms with Crippen LogP contribution in [-0.4, -0.2) is 18.8 Å². The molecule has 0 unspecified atom stereocenters. The van der Waals surface area contributed by atoms with Crippen molar-refractivity contribution in [3.05, 3.63) is 29.8 Å². The van der Waals surface area contributed by atoms with E-state index in [2.05, 4.69) is 0 Å². The lowest BCUT2D eigenvalue weighted by Crippen LogP contribution is -2.36. The number of nitrogens with zero attached hydrogens (tertiary/aromatic N) is 2. The Bertz CT molecular complexity index is 444. The molecule has 1 aromatic rings. The summed E-state index contributed by atoms with van der Waals surface area (Å²) in [6.45, 7) is -0.990. The van der Waals surface area contributed by atoms with Crippen LogP contribution in [-0.2, 0) is 0 Å². The van der Waals surface area contributed by atoms with Gasteiger partial charge in [-0.25, -0.2) is 0 Å². The van der Waals surface area contributed by atoms with Crippen molar-refractivity contribution in [1.29, 1.82) is 5.26 Å². The fraction of sp³-hybridized carbons (Fsp3) is 0.417. The summed E-state index contributed by atoms with van der Waals surface area (Å²) in [4.78, 5) is 1.29. The van der Waals surface area contributed by atoms with Gasteiger partial charge in [0.15, 0.2) is 0 Å². The predicted octanol–water partition coefficient (Wildman–Crippen LogP) is 3.09. The fourth-order valence-electron chi connectivity index (χ4n) is 1.81. The highest BCUT2D eigenvalue weighted by Gasteiger charge is 2.38. The SMILES string of the molecule is N#Cc1ccccc1N(CC(F)(F)F)C1CC1. The molecule has 0 N–H and O–H groups in total. The lowest BCUT2D eigenvalue weighted by atomic mass is 10.1. The van der Waals surface area contributed by atoms with Gasteiger partial charge in [0, 0.05) is 6.04 Å². The lowest BCUT2D eigenvalue weighted by Gasteiger charge is -2.26. The number of nitriles is 1. The third-order valence-electron chi connectivity index (χ3n) is 2.67. The van der Waals surface area contributed by atoms with Gasteiger partial charge in [-0.05, 0) is 25.0 Å². The van der Waals surface area contributed by atoms with Gasteiger partial charge < -0.3 is 4.90 Å². The number of hydrogen-bond donors (Lipinski definition) is 0. The largest absolute Gasteiger partial charge is 0.405 e. The second-order valence-corrected chi connectivity index (χ2v) is 4.10. The molecule has 17 heavy (non-hydrogen) atoms. The maximum atomic E-state index is 12.5. The molecule has 5 heteroatoms.